The Bertz CT molecular complexity index is 964. The fourth-order valence-electron chi connectivity index (χ4n) is 3.87. The van der Waals surface area contributed by atoms with E-state index >= 15 is 0 Å². The summed E-state index contributed by atoms with van der Waals surface area (Å²) in [6, 6.07) is 9.10. The zero-order chi connectivity index (χ0) is 20.8. The van der Waals surface area contributed by atoms with Gasteiger partial charge in [-0.2, -0.15) is 4.98 Å². The summed E-state index contributed by atoms with van der Waals surface area (Å²) in [5.41, 5.74) is 0.772. The maximum atomic E-state index is 12.3. The lowest BCUT2D eigenvalue weighted by molar-refractivity contribution is -0.116. The lowest BCUT2D eigenvalue weighted by Crippen LogP contribution is -2.14. The van der Waals surface area contributed by atoms with Gasteiger partial charge in [-0.05, 0) is 43.5 Å². The molecule has 3 aromatic rings. The number of hydrogen-bond donors (Lipinski definition) is 1. The summed E-state index contributed by atoms with van der Waals surface area (Å²) in [4.78, 5) is 25.0. The standard InChI is InChI=1S/C23H27N5O2/c1-17-25-21(28-14-13-24-16-28)15-23(26-17)30-20-10-8-19(9-11-20)27-22(29)12-7-18-5-3-2-4-6-18/h8-11,13-16,18H,2-7,12H2,1H3,(H,27,29). The highest BCUT2D eigenvalue weighted by Gasteiger charge is 2.15. The minimum Gasteiger partial charge on any atom is -0.439 e. The molecule has 2 aromatic heterocycles. The maximum absolute atomic E-state index is 12.3. The molecule has 4 rings (SSSR count). The van der Waals surface area contributed by atoms with Crippen LogP contribution in [0.1, 0.15) is 50.8 Å². The molecule has 156 valence electrons. The van der Waals surface area contributed by atoms with Crippen LogP contribution in [0, 0.1) is 12.8 Å². The zero-order valence-corrected chi connectivity index (χ0v) is 17.3. The predicted molar refractivity (Wildman–Crippen MR) is 115 cm³/mol. The maximum Gasteiger partial charge on any atom is 0.224 e. The second kappa shape index (κ2) is 9.52. The van der Waals surface area contributed by atoms with E-state index in [-0.39, 0.29) is 5.91 Å². The molecule has 1 amide bonds. The number of anilines is 1. The number of aryl methyl sites for hydroxylation is 1. The van der Waals surface area contributed by atoms with Gasteiger partial charge in [0, 0.05) is 30.6 Å². The Morgan fingerprint density at radius 1 is 1.17 bits per heavy atom. The molecule has 2 heterocycles. The summed E-state index contributed by atoms with van der Waals surface area (Å²) in [6.07, 6.45) is 13.3. The van der Waals surface area contributed by atoms with Crippen molar-refractivity contribution in [1.82, 2.24) is 19.5 Å². The normalized spacial score (nSPS) is 14.4. The van der Waals surface area contributed by atoms with Crippen molar-refractivity contribution in [3.05, 3.63) is 54.9 Å². The summed E-state index contributed by atoms with van der Waals surface area (Å²) in [5.74, 6) is 3.18. The lowest BCUT2D eigenvalue weighted by atomic mass is 9.86. The Labute approximate surface area is 176 Å². The SMILES string of the molecule is Cc1nc(Oc2ccc(NC(=O)CCC3CCCCC3)cc2)cc(-n2ccnc2)n1. The van der Waals surface area contributed by atoms with E-state index in [0.717, 1.165) is 12.1 Å². The highest BCUT2D eigenvalue weighted by molar-refractivity contribution is 5.90. The van der Waals surface area contributed by atoms with Gasteiger partial charge < -0.3 is 10.1 Å². The van der Waals surface area contributed by atoms with E-state index in [1.807, 2.05) is 37.4 Å². The van der Waals surface area contributed by atoms with Gasteiger partial charge in [-0.25, -0.2) is 9.97 Å². The molecule has 0 unspecified atom stereocenters. The smallest absolute Gasteiger partial charge is 0.224 e. The van der Waals surface area contributed by atoms with Crippen LogP contribution in [0.2, 0.25) is 0 Å². The van der Waals surface area contributed by atoms with Gasteiger partial charge in [-0.15, -0.1) is 0 Å². The van der Waals surface area contributed by atoms with Crippen molar-refractivity contribution in [1.29, 1.82) is 0 Å². The van der Waals surface area contributed by atoms with Gasteiger partial charge in [0.15, 0.2) is 0 Å². The van der Waals surface area contributed by atoms with E-state index in [2.05, 4.69) is 20.3 Å². The van der Waals surface area contributed by atoms with Crippen molar-refractivity contribution in [2.24, 2.45) is 5.92 Å². The molecule has 0 radical (unpaired) electrons. The average molecular weight is 406 g/mol. The fraction of sp³-hybridized carbons (Fsp3) is 0.391. The predicted octanol–water partition coefficient (Wildman–Crippen LogP) is 5.06. The molecule has 0 bridgehead atoms. The first-order chi connectivity index (χ1) is 14.7. The van der Waals surface area contributed by atoms with E-state index in [4.69, 9.17) is 4.74 Å². The van der Waals surface area contributed by atoms with Crippen molar-refractivity contribution < 1.29 is 9.53 Å². The van der Waals surface area contributed by atoms with Crippen LogP contribution in [0.15, 0.2) is 49.1 Å². The number of amides is 1. The van der Waals surface area contributed by atoms with Crippen LogP contribution >= 0.6 is 0 Å². The van der Waals surface area contributed by atoms with E-state index in [0.29, 0.717) is 35.6 Å². The molecule has 0 saturated heterocycles. The van der Waals surface area contributed by atoms with Crippen LogP contribution in [0.5, 0.6) is 11.6 Å². The fourth-order valence-corrected chi connectivity index (χ4v) is 3.87. The van der Waals surface area contributed by atoms with Gasteiger partial charge >= 0.3 is 0 Å². The Morgan fingerprint density at radius 2 is 1.97 bits per heavy atom. The van der Waals surface area contributed by atoms with Crippen molar-refractivity contribution in [3.8, 4) is 17.4 Å². The summed E-state index contributed by atoms with van der Waals surface area (Å²) in [6.45, 7) is 1.82. The first-order valence-corrected chi connectivity index (χ1v) is 10.6. The Balaban J connectivity index is 1.33. The van der Waals surface area contributed by atoms with Crippen LogP contribution in [0.25, 0.3) is 5.82 Å². The average Bonchev–Trinajstić information content (AvgIpc) is 3.29. The number of nitrogens with zero attached hydrogens (tertiary/aromatic N) is 4. The number of aromatic nitrogens is 4. The van der Waals surface area contributed by atoms with E-state index in [9.17, 15) is 4.79 Å². The molecule has 1 fully saturated rings. The first-order valence-electron chi connectivity index (χ1n) is 10.6. The lowest BCUT2D eigenvalue weighted by Gasteiger charge is -2.21. The molecular weight excluding hydrogens is 378 g/mol. The van der Waals surface area contributed by atoms with E-state index in [1.165, 1.54) is 32.1 Å². The van der Waals surface area contributed by atoms with Gasteiger partial charge in [0.2, 0.25) is 11.8 Å². The minimum atomic E-state index is 0.0747. The Kier molecular flexibility index (Phi) is 6.37. The van der Waals surface area contributed by atoms with Crippen molar-refractivity contribution in [3.63, 3.8) is 0 Å². The molecule has 1 aliphatic carbocycles. The minimum absolute atomic E-state index is 0.0747. The molecule has 0 spiro atoms. The Morgan fingerprint density at radius 3 is 2.70 bits per heavy atom. The van der Waals surface area contributed by atoms with Crippen LogP contribution in [-0.2, 0) is 4.79 Å². The molecule has 7 nitrogen and oxygen atoms in total. The number of hydrogen-bond acceptors (Lipinski definition) is 5. The molecule has 1 aliphatic rings. The first kappa shape index (κ1) is 20.1. The summed E-state index contributed by atoms with van der Waals surface area (Å²) >= 11 is 0. The van der Waals surface area contributed by atoms with Crippen LogP contribution in [0.3, 0.4) is 0 Å². The van der Waals surface area contributed by atoms with Gasteiger partial charge in [-0.3, -0.25) is 9.36 Å². The zero-order valence-electron chi connectivity index (χ0n) is 17.3. The second-order valence-electron chi connectivity index (χ2n) is 7.80. The Hall–Kier alpha value is -3.22. The molecule has 30 heavy (non-hydrogen) atoms. The molecule has 1 aromatic carbocycles. The van der Waals surface area contributed by atoms with Gasteiger partial charge in [-0.1, -0.05) is 32.1 Å². The monoisotopic (exact) mass is 405 g/mol. The van der Waals surface area contributed by atoms with Crippen LogP contribution < -0.4 is 10.1 Å². The van der Waals surface area contributed by atoms with Crippen LogP contribution in [-0.4, -0.2) is 25.4 Å². The number of nitrogens with one attached hydrogen (secondary N) is 1. The summed E-state index contributed by atoms with van der Waals surface area (Å²) in [5, 5.41) is 2.98. The van der Waals surface area contributed by atoms with Crippen molar-refractivity contribution in [2.45, 2.75) is 51.9 Å². The highest BCUT2D eigenvalue weighted by atomic mass is 16.5. The molecular formula is C23H27N5O2. The molecule has 7 heteroatoms. The second-order valence-corrected chi connectivity index (χ2v) is 7.80. The number of benzene rings is 1. The number of imidazole rings is 1. The largest absolute Gasteiger partial charge is 0.439 e. The molecule has 0 aliphatic heterocycles. The molecule has 1 saturated carbocycles. The third kappa shape index (κ3) is 5.43. The third-order valence-electron chi connectivity index (χ3n) is 5.43. The highest BCUT2D eigenvalue weighted by Crippen LogP contribution is 2.28. The summed E-state index contributed by atoms with van der Waals surface area (Å²) in [7, 11) is 0. The molecule has 0 atom stereocenters. The van der Waals surface area contributed by atoms with E-state index in [1.54, 1.807) is 23.2 Å². The van der Waals surface area contributed by atoms with Gasteiger partial charge in [0.1, 0.15) is 23.7 Å². The number of carbonyl (C=O) groups excluding carboxylic acids is 1. The van der Waals surface area contributed by atoms with Crippen molar-refractivity contribution >= 4 is 11.6 Å². The molecule has 1 N–H and O–H groups in total. The third-order valence-corrected chi connectivity index (χ3v) is 5.43. The van der Waals surface area contributed by atoms with E-state index < -0.39 is 0 Å². The van der Waals surface area contributed by atoms with Crippen molar-refractivity contribution in [2.75, 3.05) is 5.32 Å². The number of carbonyl (C=O) groups is 1. The number of rotatable bonds is 7. The van der Waals surface area contributed by atoms with Gasteiger partial charge in [0.05, 0.1) is 0 Å². The quantitative estimate of drug-likeness (QED) is 0.594. The number of ether oxygens (including phenoxy) is 1. The van der Waals surface area contributed by atoms with Crippen LogP contribution in [0.4, 0.5) is 5.69 Å². The summed E-state index contributed by atoms with van der Waals surface area (Å²) < 4.78 is 7.69. The topological polar surface area (TPSA) is 81.9 Å². The van der Waals surface area contributed by atoms with Gasteiger partial charge in [0.25, 0.3) is 0 Å².